The third-order valence-electron chi connectivity index (χ3n) is 2.56. The summed E-state index contributed by atoms with van der Waals surface area (Å²) in [4.78, 5) is 23.1. The molecular weight excluding hydrogens is 254 g/mol. The fraction of sp³-hybridized carbons (Fsp3) is 0.467. The van der Waals surface area contributed by atoms with E-state index in [1.807, 2.05) is 51.1 Å². The highest BCUT2D eigenvalue weighted by molar-refractivity contribution is 5.85. The van der Waals surface area contributed by atoms with Gasteiger partial charge >= 0.3 is 0 Å². The molecule has 0 saturated heterocycles. The summed E-state index contributed by atoms with van der Waals surface area (Å²) in [5, 5.41) is 8.39. The Morgan fingerprint density at radius 3 is 2.15 bits per heavy atom. The van der Waals surface area contributed by atoms with Gasteiger partial charge in [-0.1, -0.05) is 30.3 Å². The van der Waals surface area contributed by atoms with Gasteiger partial charge in [0.1, 0.15) is 0 Å². The van der Waals surface area contributed by atoms with Gasteiger partial charge in [0.25, 0.3) is 0 Å². The molecule has 20 heavy (non-hydrogen) atoms. The van der Waals surface area contributed by atoms with Crippen LogP contribution in [0, 0.1) is 0 Å². The van der Waals surface area contributed by atoms with Gasteiger partial charge in [-0.25, -0.2) is 0 Å². The van der Waals surface area contributed by atoms with Crippen LogP contribution in [0.2, 0.25) is 0 Å². The van der Waals surface area contributed by atoms with Gasteiger partial charge < -0.3 is 16.0 Å². The molecule has 0 aliphatic rings. The Balaban J connectivity index is 2.18. The van der Waals surface area contributed by atoms with E-state index in [2.05, 4.69) is 16.0 Å². The lowest BCUT2D eigenvalue weighted by Gasteiger charge is -2.19. The Morgan fingerprint density at radius 1 is 0.950 bits per heavy atom. The normalized spacial score (nSPS) is 10.9. The van der Waals surface area contributed by atoms with E-state index in [1.165, 1.54) is 0 Å². The molecule has 1 rings (SSSR count). The lowest BCUT2D eigenvalue weighted by Crippen LogP contribution is -2.45. The molecule has 1 aromatic rings. The number of benzene rings is 1. The van der Waals surface area contributed by atoms with Crippen molar-refractivity contribution < 1.29 is 9.59 Å². The molecule has 2 amide bonds. The summed E-state index contributed by atoms with van der Waals surface area (Å²) in [6.45, 7) is 6.61. The van der Waals surface area contributed by atoms with Gasteiger partial charge in [0.05, 0.1) is 13.1 Å². The zero-order chi connectivity index (χ0) is 15.0. The summed E-state index contributed by atoms with van der Waals surface area (Å²) in [7, 11) is 0. The van der Waals surface area contributed by atoms with Gasteiger partial charge in [0.2, 0.25) is 11.8 Å². The molecule has 0 aromatic heterocycles. The molecule has 0 unspecified atom stereocenters. The van der Waals surface area contributed by atoms with E-state index in [-0.39, 0.29) is 30.4 Å². The zero-order valence-corrected chi connectivity index (χ0v) is 12.3. The molecule has 5 nitrogen and oxygen atoms in total. The molecule has 0 aliphatic carbocycles. The average molecular weight is 277 g/mol. The van der Waals surface area contributed by atoms with Gasteiger partial charge in [-0.15, -0.1) is 0 Å². The van der Waals surface area contributed by atoms with E-state index >= 15 is 0 Å². The number of hydrogen-bond donors (Lipinski definition) is 3. The van der Waals surface area contributed by atoms with Crippen LogP contribution in [0.5, 0.6) is 0 Å². The van der Waals surface area contributed by atoms with Crippen LogP contribution in [0.3, 0.4) is 0 Å². The monoisotopic (exact) mass is 277 g/mol. The van der Waals surface area contributed by atoms with Crippen molar-refractivity contribution in [1.82, 2.24) is 16.0 Å². The van der Waals surface area contributed by atoms with E-state index in [0.29, 0.717) is 6.54 Å². The Hall–Kier alpha value is -1.88. The molecular formula is C15H23N3O2. The van der Waals surface area contributed by atoms with E-state index in [1.54, 1.807) is 0 Å². The maximum atomic E-state index is 11.6. The highest BCUT2D eigenvalue weighted by Gasteiger charge is 2.11. The minimum Gasteiger partial charge on any atom is -0.350 e. The van der Waals surface area contributed by atoms with Gasteiger partial charge in [0, 0.05) is 12.1 Å². The van der Waals surface area contributed by atoms with Crippen LogP contribution in [0.15, 0.2) is 30.3 Å². The quantitative estimate of drug-likeness (QED) is 0.720. The molecule has 0 bridgehead atoms. The molecule has 0 fully saturated rings. The zero-order valence-electron chi connectivity index (χ0n) is 12.3. The molecule has 0 spiro atoms. The first-order valence-electron chi connectivity index (χ1n) is 6.69. The van der Waals surface area contributed by atoms with Gasteiger partial charge in [-0.2, -0.15) is 0 Å². The maximum absolute atomic E-state index is 11.6. The highest BCUT2D eigenvalue weighted by Crippen LogP contribution is 1.97. The summed E-state index contributed by atoms with van der Waals surface area (Å²) in [6, 6.07) is 9.63. The van der Waals surface area contributed by atoms with Crippen molar-refractivity contribution in [2.75, 3.05) is 13.1 Å². The smallest absolute Gasteiger partial charge is 0.239 e. The molecule has 5 heteroatoms. The summed E-state index contributed by atoms with van der Waals surface area (Å²) < 4.78 is 0. The number of nitrogens with one attached hydrogen (secondary N) is 3. The number of hydrogen-bond acceptors (Lipinski definition) is 3. The van der Waals surface area contributed by atoms with Crippen molar-refractivity contribution in [1.29, 1.82) is 0 Å². The fourth-order valence-corrected chi connectivity index (χ4v) is 1.45. The Labute approximate surface area is 120 Å². The average Bonchev–Trinajstić information content (AvgIpc) is 2.41. The predicted octanol–water partition coefficient (Wildman–Crippen LogP) is 0.807. The minimum absolute atomic E-state index is 0.00249. The number of carbonyl (C=O) groups excluding carboxylic acids is 2. The number of rotatable bonds is 6. The van der Waals surface area contributed by atoms with Crippen molar-refractivity contribution in [2.45, 2.75) is 32.9 Å². The topological polar surface area (TPSA) is 70.2 Å². The van der Waals surface area contributed by atoms with Crippen LogP contribution >= 0.6 is 0 Å². The van der Waals surface area contributed by atoms with E-state index in [0.717, 1.165) is 5.56 Å². The van der Waals surface area contributed by atoms with Crippen molar-refractivity contribution in [3.63, 3.8) is 0 Å². The SMILES string of the molecule is CC(C)(C)NCC(=O)NCC(=O)NCc1ccccc1. The molecule has 110 valence electrons. The first-order chi connectivity index (χ1) is 9.37. The third-order valence-corrected chi connectivity index (χ3v) is 2.56. The lowest BCUT2D eigenvalue weighted by atomic mass is 10.1. The minimum atomic E-state index is -0.196. The van der Waals surface area contributed by atoms with Crippen molar-refractivity contribution in [3.8, 4) is 0 Å². The molecule has 0 radical (unpaired) electrons. The van der Waals surface area contributed by atoms with Crippen LogP contribution in [0.1, 0.15) is 26.3 Å². The summed E-state index contributed by atoms with van der Waals surface area (Å²) in [5.74, 6) is -0.382. The molecule has 0 heterocycles. The largest absolute Gasteiger partial charge is 0.350 e. The maximum Gasteiger partial charge on any atom is 0.239 e. The van der Waals surface area contributed by atoms with E-state index in [4.69, 9.17) is 0 Å². The van der Waals surface area contributed by atoms with Gasteiger partial charge in [0.15, 0.2) is 0 Å². The van der Waals surface area contributed by atoms with Gasteiger partial charge in [-0.3, -0.25) is 9.59 Å². The molecule has 0 saturated carbocycles. The standard InChI is InChI=1S/C15H23N3O2/c1-15(2,3)18-11-14(20)17-10-13(19)16-9-12-7-5-4-6-8-12/h4-8,18H,9-11H2,1-3H3,(H,16,19)(H,17,20). The van der Waals surface area contributed by atoms with E-state index in [9.17, 15) is 9.59 Å². The second-order valence-corrected chi connectivity index (χ2v) is 5.64. The fourth-order valence-electron chi connectivity index (χ4n) is 1.45. The summed E-state index contributed by atoms with van der Waals surface area (Å²) >= 11 is 0. The molecule has 0 aliphatic heterocycles. The van der Waals surface area contributed by atoms with Crippen LogP contribution in [-0.2, 0) is 16.1 Å². The van der Waals surface area contributed by atoms with Gasteiger partial charge in [-0.05, 0) is 26.3 Å². The summed E-state index contributed by atoms with van der Waals surface area (Å²) in [6.07, 6.45) is 0. The number of carbonyl (C=O) groups is 2. The van der Waals surface area contributed by atoms with Crippen LogP contribution in [0.4, 0.5) is 0 Å². The third kappa shape index (κ3) is 7.53. The molecule has 3 N–H and O–H groups in total. The highest BCUT2D eigenvalue weighted by atomic mass is 16.2. The Bertz CT molecular complexity index is 438. The summed E-state index contributed by atoms with van der Waals surface area (Å²) in [5.41, 5.74) is 0.911. The first-order valence-corrected chi connectivity index (χ1v) is 6.69. The van der Waals surface area contributed by atoms with Crippen molar-refractivity contribution in [2.24, 2.45) is 0 Å². The first kappa shape index (κ1) is 16.2. The Morgan fingerprint density at radius 2 is 1.55 bits per heavy atom. The number of amides is 2. The van der Waals surface area contributed by atoms with Crippen LogP contribution in [0.25, 0.3) is 0 Å². The van der Waals surface area contributed by atoms with Crippen molar-refractivity contribution in [3.05, 3.63) is 35.9 Å². The molecule has 1 aromatic carbocycles. The second-order valence-electron chi connectivity index (χ2n) is 5.64. The second kappa shape index (κ2) is 7.65. The van der Waals surface area contributed by atoms with Crippen LogP contribution in [-0.4, -0.2) is 30.4 Å². The van der Waals surface area contributed by atoms with Crippen molar-refractivity contribution >= 4 is 11.8 Å². The van der Waals surface area contributed by atoms with E-state index < -0.39 is 0 Å². The lowest BCUT2D eigenvalue weighted by molar-refractivity contribution is -0.125. The Kier molecular flexibility index (Phi) is 6.18. The predicted molar refractivity (Wildman–Crippen MR) is 79.1 cm³/mol. The van der Waals surface area contributed by atoms with Crippen LogP contribution < -0.4 is 16.0 Å². The molecule has 0 atom stereocenters.